The molecule has 150 valence electrons. The average molecular weight is 451 g/mol. The topological polar surface area (TPSA) is 47.6 Å². The number of anilines is 1. The fourth-order valence-electron chi connectivity index (χ4n) is 2.64. The van der Waals surface area contributed by atoms with Gasteiger partial charge in [0.1, 0.15) is 11.5 Å². The number of benzene rings is 3. The summed E-state index contributed by atoms with van der Waals surface area (Å²) in [5, 5.41) is 4.44. The van der Waals surface area contributed by atoms with Gasteiger partial charge in [-0.1, -0.05) is 40.9 Å². The lowest BCUT2D eigenvalue weighted by molar-refractivity contribution is -0.116. The van der Waals surface area contributed by atoms with Crippen molar-refractivity contribution in [3.63, 3.8) is 0 Å². The zero-order chi connectivity index (χ0) is 20.8. The van der Waals surface area contributed by atoms with Crippen molar-refractivity contribution < 1.29 is 14.3 Å². The third-order valence-electron chi connectivity index (χ3n) is 4.14. The number of hydrogen-bond acceptors (Lipinski definition) is 3. The van der Waals surface area contributed by atoms with E-state index in [1.165, 1.54) is 0 Å². The number of halogens is 3. The molecule has 7 heteroatoms. The van der Waals surface area contributed by atoms with E-state index in [0.29, 0.717) is 38.7 Å². The first-order valence-corrected chi connectivity index (χ1v) is 9.93. The summed E-state index contributed by atoms with van der Waals surface area (Å²) in [6.45, 7) is 0. The largest absolute Gasteiger partial charge is 0.497 e. The molecular formula is C22H18Cl3NO3. The Morgan fingerprint density at radius 1 is 0.897 bits per heavy atom. The summed E-state index contributed by atoms with van der Waals surface area (Å²) in [5.41, 5.74) is 1.34. The van der Waals surface area contributed by atoms with Crippen molar-refractivity contribution in [2.75, 3.05) is 12.4 Å². The van der Waals surface area contributed by atoms with E-state index in [1.807, 2.05) is 6.07 Å². The summed E-state index contributed by atoms with van der Waals surface area (Å²) in [7, 11) is 1.60. The van der Waals surface area contributed by atoms with Gasteiger partial charge in [-0.3, -0.25) is 4.79 Å². The van der Waals surface area contributed by atoms with Crippen LogP contribution in [0.3, 0.4) is 0 Å². The van der Waals surface area contributed by atoms with Crippen molar-refractivity contribution >= 4 is 46.4 Å². The first-order valence-electron chi connectivity index (χ1n) is 8.80. The van der Waals surface area contributed by atoms with Crippen molar-refractivity contribution in [3.8, 4) is 17.2 Å². The highest BCUT2D eigenvalue weighted by atomic mass is 35.5. The lowest BCUT2D eigenvalue weighted by Crippen LogP contribution is -2.13. The summed E-state index contributed by atoms with van der Waals surface area (Å²) in [6.07, 6.45) is 0.729. The molecule has 3 aromatic carbocycles. The van der Waals surface area contributed by atoms with E-state index in [0.717, 1.165) is 11.3 Å². The number of rotatable bonds is 7. The standard InChI is InChI=1S/C22H18Cl3NO3/c1-28-17-6-8-18(9-7-17)29-21-10-5-16(24)13-20(21)26-22(27)11-3-14-2-4-15(23)12-19(14)25/h2,4-10,12-13H,3,11H2,1H3,(H,26,27). The van der Waals surface area contributed by atoms with E-state index in [9.17, 15) is 4.79 Å². The minimum Gasteiger partial charge on any atom is -0.497 e. The minimum atomic E-state index is -0.183. The van der Waals surface area contributed by atoms with Crippen LogP contribution in [0.1, 0.15) is 12.0 Å². The Morgan fingerprint density at radius 3 is 2.24 bits per heavy atom. The highest BCUT2D eigenvalue weighted by Gasteiger charge is 2.11. The number of ether oxygens (including phenoxy) is 2. The number of aryl methyl sites for hydroxylation is 1. The van der Waals surface area contributed by atoms with Gasteiger partial charge in [-0.15, -0.1) is 0 Å². The lowest BCUT2D eigenvalue weighted by Gasteiger charge is -2.13. The van der Waals surface area contributed by atoms with E-state index in [4.69, 9.17) is 44.3 Å². The summed E-state index contributed by atoms with van der Waals surface area (Å²) in [6, 6.07) is 17.4. The van der Waals surface area contributed by atoms with E-state index >= 15 is 0 Å². The van der Waals surface area contributed by atoms with Crippen LogP contribution in [0.5, 0.6) is 17.2 Å². The van der Waals surface area contributed by atoms with Crippen molar-refractivity contribution in [2.45, 2.75) is 12.8 Å². The smallest absolute Gasteiger partial charge is 0.224 e. The molecule has 0 aromatic heterocycles. The van der Waals surface area contributed by atoms with Gasteiger partial charge in [-0.25, -0.2) is 0 Å². The van der Waals surface area contributed by atoms with Crippen molar-refractivity contribution in [1.82, 2.24) is 0 Å². The zero-order valence-corrected chi connectivity index (χ0v) is 17.8. The number of nitrogens with one attached hydrogen (secondary N) is 1. The number of carbonyl (C=O) groups excluding carboxylic acids is 1. The van der Waals surface area contributed by atoms with E-state index in [2.05, 4.69) is 5.32 Å². The summed E-state index contributed by atoms with van der Waals surface area (Å²) >= 11 is 18.2. The highest BCUT2D eigenvalue weighted by molar-refractivity contribution is 6.35. The Bertz CT molecular complexity index is 1010. The second-order valence-corrected chi connectivity index (χ2v) is 7.48. The molecule has 0 bridgehead atoms. The van der Waals surface area contributed by atoms with Gasteiger partial charge in [0.15, 0.2) is 5.75 Å². The van der Waals surface area contributed by atoms with Gasteiger partial charge in [0.05, 0.1) is 12.8 Å². The fraction of sp³-hybridized carbons (Fsp3) is 0.136. The van der Waals surface area contributed by atoms with Crippen LogP contribution in [0.4, 0.5) is 5.69 Å². The van der Waals surface area contributed by atoms with Crippen LogP contribution in [-0.4, -0.2) is 13.0 Å². The zero-order valence-electron chi connectivity index (χ0n) is 15.5. The quantitative estimate of drug-likeness (QED) is 0.421. The van der Waals surface area contributed by atoms with Gasteiger partial charge in [0.25, 0.3) is 0 Å². The molecule has 0 atom stereocenters. The third-order valence-corrected chi connectivity index (χ3v) is 4.96. The molecule has 0 radical (unpaired) electrons. The Labute approximate surface area is 184 Å². The van der Waals surface area contributed by atoms with Crippen LogP contribution in [0, 0.1) is 0 Å². The maximum absolute atomic E-state index is 12.5. The average Bonchev–Trinajstić information content (AvgIpc) is 2.70. The number of carbonyl (C=O) groups is 1. The molecule has 0 saturated carbocycles. The lowest BCUT2D eigenvalue weighted by atomic mass is 10.1. The molecule has 0 aliphatic carbocycles. The van der Waals surface area contributed by atoms with Gasteiger partial charge in [-0.2, -0.15) is 0 Å². The van der Waals surface area contributed by atoms with Crippen molar-refractivity contribution in [1.29, 1.82) is 0 Å². The molecule has 1 N–H and O–H groups in total. The van der Waals surface area contributed by atoms with Crippen LogP contribution >= 0.6 is 34.8 Å². The normalized spacial score (nSPS) is 10.5. The Kier molecular flexibility index (Phi) is 7.26. The van der Waals surface area contributed by atoms with Gasteiger partial charge >= 0.3 is 0 Å². The molecule has 0 aliphatic heterocycles. The van der Waals surface area contributed by atoms with Crippen molar-refractivity contribution in [3.05, 3.63) is 81.3 Å². The molecule has 0 fully saturated rings. The minimum absolute atomic E-state index is 0.183. The van der Waals surface area contributed by atoms with E-state index < -0.39 is 0 Å². The predicted octanol–water partition coefficient (Wildman–Crippen LogP) is 7.02. The molecule has 4 nitrogen and oxygen atoms in total. The molecule has 0 saturated heterocycles. The Morgan fingerprint density at radius 2 is 1.55 bits per heavy atom. The van der Waals surface area contributed by atoms with Crippen LogP contribution in [0.15, 0.2) is 60.7 Å². The maximum atomic E-state index is 12.5. The molecule has 1 amide bonds. The molecule has 29 heavy (non-hydrogen) atoms. The van der Waals surface area contributed by atoms with Crippen LogP contribution in [0.2, 0.25) is 15.1 Å². The Balaban J connectivity index is 1.68. The summed E-state index contributed by atoms with van der Waals surface area (Å²) in [4.78, 5) is 12.5. The fourth-order valence-corrected chi connectivity index (χ4v) is 3.32. The highest BCUT2D eigenvalue weighted by Crippen LogP contribution is 2.33. The SMILES string of the molecule is COc1ccc(Oc2ccc(Cl)cc2NC(=O)CCc2ccc(Cl)cc2Cl)cc1. The molecular weight excluding hydrogens is 433 g/mol. The van der Waals surface area contributed by atoms with E-state index in [1.54, 1.807) is 61.7 Å². The number of methoxy groups -OCH3 is 1. The molecule has 0 spiro atoms. The molecule has 0 heterocycles. The molecule has 0 unspecified atom stereocenters. The second kappa shape index (κ2) is 9.88. The Hall–Kier alpha value is -2.40. The van der Waals surface area contributed by atoms with Crippen LogP contribution in [-0.2, 0) is 11.2 Å². The monoisotopic (exact) mass is 449 g/mol. The van der Waals surface area contributed by atoms with Gasteiger partial charge in [0, 0.05) is 21.5 Å². The predicted molar refractivity (Wildman–Crippen MR) is 118 cm³/mol. The number of hydrogen-bond donors (Lipinski definition) is 1. The maximum Gasteiger partial charge on any atom is 0.224 e. The summed E-state index contributed by atoms with van der Waals surface area (Å²) < 4.78 is 11.0. The molecule has 0 aliphatic rings. The first kappa shape index (κ1) is 21.3. The first-order chi connectivity index (χ1) is 13.9. The van der Waals surface area contributed by atoms with E-state index in [-0.39, 0.29) is 12.3 Å². The van der Waals surface area contributed by atoms with Crippen LogP contribution in [0.25, 0.3) is 0 Å². The van der Waals surface area contributed by atoms with Gasteiger partial charge < -0.3 is 14.8 Å². The third kappa shape index (κ3) is 6.04. The number of amides is 1. The van der Waals surface area contributed by atoms with Gasteiger partial charge in [-0.05, 0) is 66.6 Å². The van der Waals surface area contributed by atoms with Crippen LogP contribution < -0.4 is 14.8 Å². The molecule has 3 rings (SSSR count). The second-order valence-electron chi connectivity index (χ2n) is 6.20. The van der Waals surface area contributed by atoms with Gasteiger partial charge in [0.2, 0.25) is 5.91 Å². The summed E-state index contributed by atoms with van der Waals surface area (Å²) in [5.74, 6) is 1.63. The molecule has 3 aromatic rings. The van der Waals surface area contributed by atoms with Crippen molar-refractivity contribution in [2.24, 2.45) is 0 Å².